The third-order valence-electron chi connectivity index (χ3n) is 3.21. The second-order valence-electron chi connectivity index (χ2n) is 5.21. The van der Waals surface area contributed by atoms with E-state index in [9.17, 15) is 13.2 Å². The lowest BCUT2D eigenvalue weighted by atomic mass is 10.3. The lowest BCUT2D eigenvalue weighted by Gasteiger charge is -2.15. The average Bonchev–Trinajstić information content (AvgIpc) is 2.56. The maximum atomic E-state index is 12.4. The summed E-state index contributed by atoms with van der Waals surface area (Å²) in [5.41, 5.74) is 0. The number of carbonyl (C=O) groups excluding carboxylic acids is 1. The Hall–Kier alpha value is -1.35. The van der Waals surface area contributed by atoms with Crippen LogP contribution in [-0.2, 0) is 19.6 Å². The van der Waals surface area contributed by atoms with Crippen LogP contribution in [0.5, 0.6) is 5.75 Å². The van der Waals surface area contributed by atoms with Crippen LogP contribution in [0.25, 0.3) is 0 Å². The monoisotopic (exact) mass is 392 g/mol. The van der Waals surface area contributed by atoms with Crippen molar-refractivity contribution < 1.29 is 22.7 Å². The van der Waals surface area contributed by atoms with E-state index in [0.717, 1.165) is 0 Å². The zero-order valence-corrected chi connectivity index (χ0v) is 16.2. The van der Waals surface area contributed by atoms with E-state index in [1.807, 2.05) is 6.92 Å². The first kappa shape index (κ1) is 21.7. The zero-order chi connectivity index (χ0) is 18.9. The van der Waals surface area contributed by atoms with Gasteiger partial charge in [0, 0.05) is 19.8 Å². The molecule has 25 heavy (non-hydrogen) atoms. The lowest BCUT2D eigenvalue weighted by molar-refractivity contribution is -0.122. The van der Waals surface area contributed by atoms with Gasteiger partial charge in [-0.3, -0.25) is 4.79 Å². The Balaban J connectivity index is 2.64. The maximum Gasteiger partial charge on any atom is 0.241 e. The Bertz CT molecular complexity index is 666. The molecule has 0 fully saturated rings. The fourth-order valence-corrected chi connectivity index (χ4v) is 3.49. The van der Waals surface area contributed by atoms with E-state index in [4.69, 9.17) is 21.1 Å². The molecular weight excluding hydrogens is 368 g/mol. The van der Waals surface area contributed by atoms with Crippen molar-refractivity contribution in [2.75, 3.05) is 26.4 Å². The molecule has 2 N–H and O–H groups in total. The largest absolute Gasteiger partial charge is 0.492 e. The predicted octanol–water partition coefficient (Wildman–Crippen LogP) is 1.95. The average molecular weight is 393 g/mol. The van der Waals surface area contributed by atoms with E-state index >= 15 is 0 Å². The molecule has 0 spiro atoms. The molecule has 0 aliphatic carbocycles. The normalized spacial score (nSPS) is 12.6. The minimum absolute atomic E-state index is 0.0306. The first-order valence-electron chi connectivity index (χ1n) is 8.12. The summed E-state index contributed by atoms with van der Waals surface area (Å²) in [5, 5.41) is 2.85. The molecule has 0 saturated carbocycles. The standard InChI is InChI=1S/C16H25ClN2O5S/c1-4-23-10-6-9-18-16(20)12(3)19-25(21,22)13-7-8-15(24-5-2)14(17)11-13/h7-8,11-12,19H,4-6,9-10H2,1-3H3,(H,18,20)/t12-/m1/s1. The Morgan fingerprint density at radius 3 is 2.60 bits per heavy atom. The van der Waals surface area contributed by atoms with Gasteiger partial charge in [0.25, 0.3) is 0 Å². The van der Waals surface area contributed by atoms with E-state index in [-0.39, 0.29) is 9.92 Å². The molecule has 1 amide bonds. The molecule has 0 unspecified atom stereocenters. The zero-order valence-electron chi connectivity index (χ0n) is 14.7. The van der Waals surface area contributed by atoms with Crippen LogP contribution < -0.4 is 14.8 Å². The molecule has 0 aromatic heterocycles. The summed E-state index contributed by atoms with van der Waals surface area (Å²) in [6.07, 6.45) is 0.660. The summed E-state index contributed by atoms with van der Waals surface area (Å²) < 4.78 is 37.5. The third kappa shape index (κ3) is 7.19. The molecule has 1 rings (SSSR count). The highest BCUT2D eigenvalue weighted by atomic mass is 35.5. The van der Waals surface area contributed by atoms with Crippen molar-refractivity contribution in [2.45, 2.75) is 38.1 Å². The summed E-state index contributed by atoms with van der Waals surface area (Å²) in [4.78, 5) is 11.9. The smallest absolute Gasteiger partial charge is 0.241 e. The van der Waals surface area contributed by atoms with Crippen LogP contribution in [0.3, 0.4) is 0 Å². The van der Waals surface area contributed by atoms with Crippen LogP contribution in [-0.4, -0.2) is 46.7 Å². The van der Waals surface area contributed by atoms with Gasteiger partial charge in [0.1, 0.15) is 5.75 Å². The molecule has 0 bridgehead atoms. The Labute approximate surface area is 154 Å². The summed E-state index contributed by atoms with van der Waals surface area (Å²) in [6.45, 7) is 7.17. The fraction of sp³-hybridized carbons (Fsp3) is 0.562. The summed E-state index contributed by atoms with van der Waals surface area (Å²) >= 11 is 6.02. The van der Waals surface area contributed by atoms with E-state index in [1.165, 1.54) is 25.1 Å². The fourth-order valence-electron chi connectivity index (χ4n) is 1.96. The molecule has 0 radical (unpaired) electrons. The first-order valence-corrected chi connectivity index (χ1v) is 9.98. The summed E-state index contributed by atoms with van der Waals surface area (Å²) in [7, 11) is -3.87. The van der Waals surface area contributed by atoms with Crippen molar-refractivity contribution >= 4 is 27.5 Å². The van der Waals surface area contributed by atoms with E-state index in [2.05, 4.69) is 10.0 Å². The molecule has 0 heterocycles. The van der Waals surface area contributed by atoms with Crippen molar-refractivity contribution in [3.63, 3.8) is 0 Å². The molecule has 142 valence electrons. The van der Waals surface area contributed by atoms with Gasteiger partial charge in [-0.2, -0.15) is 4.72 Å². The summed E-state index contributed by atoms with van der Waals surface area (Å²) in [6, 6.07) is 3.24. The van der Waals surface area contributed by atoms with Crippen molar-refractivity contribution in [2.24, 2.45) is 0 Å². The van der Waals surface area contributed by atoms with Gasteiger partial charge in [0.2, 0.25) is 15.9 Å². The number of ether oxygens (including phenoxy) is 2. The van der Waals surface area contributed by atoms with Crippen LogP contribution in [0.15, 0.2) is 23.1 Å². The van der Waals surface area contributed by atoms with Crippen LogP contribution >= 0.6 is 11.6 Å². The molecule has 1 aromatic rings. The van der Waals surface area contributed by atoms with Crippen LogP contribution in [0.4, 0.5) is 0 Å². The number of halogens is 1. The molecule has 0 saturated heterocycles. The number of nitrogens with one attached hydrogen (secondary N) is 2. The highest BCUT2D eigenvalue weighted by molar-refractivity contribution is 7.89. The van der Waals surface area contributed by atoms with Gasteiger partial charge in [-0.15, -0.1) is 0 Å². The van der Waals surface area contributed by atoms with E-state index in [0.29, 0.717) is 38.5 Å². The number of rotatable bonds is 11. The summed E-state index contributed by atoms with van der Waals surface area (Å²) in [5.74, 6) is 0.000290. The quantitative estimate of drug-likeness (QED) is 0.561. The molecular formula is C16H25ClN2O5S. The molecule has 9 heteroatoms. The van der Waals surface area contributed by atoms with Gasteiger partial charge >= 0.3 is 0 Å². The number of carbonyl (C=O) groups is 1. The van der Waals surface area contributed by atoms with Crippen LogP contribution in [0, 0.1) is 0 Å². The predicted molar refractivity (Wildman–Crippen MR) is 96.5 cm³/mol. The van der Waals surface area contributed by atoms with Crippen molar-refractivity contribution in [3.05, 3.63) is 23.2 Å². The lowest BCUT2D eigenvalue weighted by Crippen LogP contribution is -2.45. The second kappa shape index (κ2) is 10.6. The molecule has 1 atom stereocenters. The van der Waals surface area contributed by atoms with Crippen molar-refractivity contribution in [3.8, 4) is 5.75 Å². The van der Waals surface area contributed by atoms with Gasteiger partial charge in [0.05, 0.1) is 22.6 Å². The minimum atomic E-state index is -3.87. The number of benzene rings is 1. The highest BCUT2D eigenvalue weighted by Crippen LogP contribution is 2.27. The van der Waals surface area contributed by atoms with Gasteiger partial charge < -0.3 is 14.8 Å². The van der Waals surface area contributed by atoms with Crippen LogP contribution in [0.2, 0.25) is 5.02 Å². The van der Waals surface area contributed by atoms with Crippen molar-refractivity contribution in [1.29, 1.82) is 0 Å². The number of hydrogen-bond donors (Lipinski definition) is 2. The van der Waals surface area contributed by atoms with Gasteiger partial charge in [-0.05, 0) is 45.4 Å². The van der Waals surface area contributed by atoms with E-state index in [1.54, 1.807) is 6.92 Å². The van der Waals surface area contributed by atoms with Gasteiger partial charge in [0.15, 0.2) is 0 Å². The van der Waals surface area contributed by atoms with E-state index < -0.39 is 22.0 Å². The van der Waals surface area contributed by atoms with Gasteiger partial charge in [-0.1, -0.05) is 11.6 Å². The molecule has 1 aromatic carbocycles. The Morgan fingerprint density at radius 1 is 1.28 bits per heavy atom. The Kier molecular flexibility index (Phi) is 9.20. The second-order valence-corrected chi connectivity index (χ2v) is 7.33. The SMILES string of the molecule is CCOCCCNC(=O)[C@@H](C)NS(=O)(=O)c1ccc(OCC)c(Cl)c1. The number of hydrogen-bond acceptors (Lipinski definition) is 5. The topological polar surface area (TPSA) is 93.7 Å². The minimum Gasteiger partial charge on any atom is -0.492 e. The first-order chi connectivity index (χ1) is 11.8. The van der Waals surface area contributed by atoms with Crippen molar-refractivity contribution in [1.82, 2.24) is 10.0 Å². The third-order valence-corrected chi connectivity index (χ3v) is 5.04. The molecule has 0 aliphatic rings. The molecule has 0 aliphatic heterocycles. The highest BCUT2D eigenvalue weighted by Gasteiger charge is 2.22. The number of sulfonamides is 1. The Morgan fingerprint density at radius 2 is 2.00 bits per heavy atom. The number of amides is 1. The van der Waals surface area contributed by atoms with Crippen LogP contribution in [0.1, 0.15) is 27.2 Å². The molecule has 7 nitrogen and oxygen atoms in total. The maximum absolute atomic E-state index is 12.4. The van der Waals surface area contributed by atoms with Gasteiger partial charge in [-0.25, -0.2) is 8.42 Å².